The number of rotatable bonds is 9. The Kier molecular flexibility index (Phi) is 7.07. The Morgan fingerprint density at radius 3 is 2.62 bits per heavy atom. The molecule has 1 aromatic carbocycles. The number of nitrogens with one attached hydrogen (secondary N) is 2. The molecule has 0 saturated heterocycles. The first-order valence-electron chi connectivity index (χ1n) is 8.30. The number of benzene rings is 1. The van der Waals surface area contributed by atoms with Crippen LogP contribution in [0.5, 0.6) is 0 Å². The van der Waals surface area contributed by atoms with E-state index in [1.165, 1.54) is 5.69 Å². The highest BCUT2D eigenvalue weighted by Crippen LogP contribution is 2.12. The summed E-state index contributed by atoms with van der Waals surface area (Å²) in [5.74, 6) is 1.14. The summed E-state index contributed by atoms with van der Waals surface area (Å²) in [5, 5.41) is 9.35. The van der Waals surface area contributed by atoms with Crippen LogP contribution in [0, 0.1) is 6.92 Å². The fourth-order valence-corrected chi connectivity index (χ4v) is 2.37. The van der Waals surface area contributed by atoms with Crippen LogP contribution in [-0.4, -0.2) is 42.4 Å². The third kappa shape index (κ3) is 5.91. The maximum Gasteiger partial charge on any atom is 0.314 e. The van der Waals surface area contributed by atoms with Gasteiger partial charge in [0.1, 0.15) is 0 Å². The predicted molar refractivity (Wildman–Crippen MR) is 93.1 cm³/mol. The van der Waals surface area contributed by atoms with E-state index < -0.39 is 0 Å². The normalized spacial score (nSPS) is 10.4. The summed E-state index contributed by atoms with van der Waals surface area (Å²) >= 11 is 0. The van der Waals surface area contributed by atoms with Crippen LogP contribution in [0.3, 0.4) is 0 Å². The SMILES string of the molecule is CCN(CCCNC(=O)NCCc1nc(C)no1)c1ccccc1. The Morgan fingerprint density at radius 1 is 1.21 bits per heavy atom. The number of para-hydroxylation sites is 1. The fraction of sp³-hybridized carbons (Fsp3) is 0.471. The maximum absolute atomic E-state index is 11.7. The number of aryl methyl sites for hydroxylation is 1. The Balaban J connectivity index is 1.58. The van der Waals surface area contributed by atoms with Crippen molar-refractivity contribution in [3.63, 3.8) is 0 Å². The van der Waals surface area contributed by atoms with Crippen molar-refractivity contribution < 1.29 is 9.32 Å². The van der Waals surface area contributed by atoms with Gasteiger partial charge < -0.3 is 20.1 Å². The van der Waals surface area contributed by atoms with Gasteiger partial charge in [-0.25, -0.2) is 4.79 Å². The van der Waals surface area contributed by atoms with E-state index in [-0.39, 0.29) is 6.03 Å². The van der Waals surface area contributed by atoms with Crippen molar-refractivity contribution >= 4 is 11.7 Å². The Labute approximate surface area is 142 Å². The highest BCUT2D eigenvalue weighted by atomic mass is 16.5. The molecular formula is C17H25N5O2. The van der Waals surface area contributed by atoms with Crippen molar-refractivity contribution in [1.82, 2.24) is 20.8 Å². The lowest BCUT2D eigenvalue weighted by atomic mass is 10.2. The van der Waals surface area contributed by atoms with Gasteiger partial charge in [-0.05, 0) is 32.4 Å². The lowest BCUT2D eigenvalue weighted by Gasteiger charge is -2.23. The molecule has 7 nitrogen and oxygen atoms in total. The molecule has 2 amide bonds. The second-order valence-electron chi connectivity index (χ2n) is 5.44. The molecule has 0 aliphatic rings. The fourth-order valence-electron chi connectivity index (χ4n) is 2.37. The number of carbonyl (C=O) groups is 1. The summed E-state index contributed by atoms with van der Waals surface area (Å²) < 4.78 is 4.99. The second-order valence-corrected chi connectivity index (χ2v) is 5.44. The molecule has 0 fully saturated rings. The van der Waals surface area contributed by atoms with Crippen molar-refractivity contribution in [3.05, 3.63) is 42.0 Å². The molecule has 24 heavy (non-hydrogen) atoms. The van der Waals surface area contributed by atoms with Crippen LogP contribution < -0.4 is 15.5 Å². The number of nitrogens with zero attached hydrogens (tertiary/aromatic N) is 3. The Morgan fingerprint density at radius 2 is 1.96 bits per heavy atom. The molecule has 0 unspecified atom stereocenters. The molecule has 0 bridgehead atoms. The Hall–Kier alpha value is -2.57. The number of urea groups is 1. The number of hydrogen-bond acceptors (Lipinski definition) is 5. The van der Waals surface area contributed by atoms with E-state index >= 15 is 0 Å². The molecular weight excluding hydrogens is 306 g/mol. The Bertz CT molecular complexity index is 614. The molecule has 0 saturated carbocycles. The van der Waals surface area contributed by atoms with Crippen LogP contribution in [0.15, 0.2) is 34.9 Å². The summed E-state index contributed by atoms with van der Waals surface area (Å²) in [4.78, 5) is 18.1. The lowest BCUT2D eigenvalue weighted by Crippen LogP contribution is -2.38. The highest BCUT2D eigenvalue weighted by Gasteiger charge is 2.05. The smallest absolute Gasteiger partial charge is 0.314 e. The van der Waals surface area contributed by atoms with Crippen molar-refractivity contribution in [2.24, 2.45) is 0 Å². The first-order valence-corrected chi connectivity index (χ1v) is 8.30. The van der Waals surface area contributed by atoms with Gasteiger partial charge >= 0.3 is 6.03 Å². The molecule has 2 aromatic rings. The van der Waals surface area contributed by atoms with Gasteiger partial charge in [0.2, 0.25) is 5.89 Å². The molecule has 1 aromatic heterocycles. The average Bonchev–Trinajstić information content (AvgIpc) is 3.01. The van der Waals surface area contributed by atoms with Gasteiger partial charge in [0.15, 0.2) is 5.82 Å². The van der Waals surface area contributed by atoms with Gasteiger partial charge in [-0.1, -0.05) is 23.4 Å². The zero-order valence-electron chi connectivity index (χ0n) is 14.3. The molecule has 0 aliphatic heterocycles. The van der Waals surface area contributed by atoms with E-state index in [9.17, 15) is 4.79 Å². The van der Waals surface area contributed by atoms with Crippen LogP contribution >= 0.6 is 0 Å². The molecule has 2 N–H and O–H groups in total. The van der Waals surface area contributed by atoms with Crippen LogP contribution in [0.1, 0.15) is 25.1 Å². The minimum atomic E-state index is -0.172. The number of hydrogen-bond donors (Lipinski definition) is 2. The highest BCUT2D eigenvalue weighted by molar-refractivity contribution is 5.73. The quantitative estimate of drug-likeness (QED) is 0.688. The molecule has 0 radical (unpaired) electrons. The minimum absolute atomic E-state index is 0.172. The zero-order valence-corrected chi connectivity index (χ0v) is 14.3. The number of carbonyl (C=O) groups excluding carboxylic acids is 1. The van der Waals surface area contributed by atoms with Crippen molar-refractivity contribution in [3.8, 4) is 0 Å². The molecule has 7 heteroatoms. The average molecular weight is 331 g/mol. The minimum Gasteiger partial charge on any atom is -0.372 e. The van der Waals surface area contributed by atoms with Crippen LogP contribution in [0.2, 0.25) is 0 Å². The maximum atomic E-state index is 11.7. The van der Waals surface area contributed by atoms with Gasteiger partial charge in [-0.3, -0.25) is 0 Å². The molecule has 1 heterocycles. The van der Waals surface area contributed by atoms with Gasteiger partial charge in [0.05, 0.1) is 0 Å². The third-order valence-electron chi connectivity index (χ3n) is 3.59. The summed E-state index contributed by atoms with van der Waals surface area (Å²) in [6.45, 7) is 6.85. The summed E-state index contributed by atoms with van der Waals surface area (Å²) in [5.41, 5.74) is 1.21. The second kappa shape index (κ2) is 9.54. The van der Waals surface area contributed by atoms with E-state index in [1.54, 1.807) is 6.92 Å². The third-order valence-corrected chi connectivity index (χ3v) is 3.59. The van der Waals surface area contributed by atoms with Crippen LogP contribution in [0.25, 0.3) is 0 Å². The van der Waals surface area contributed by atoms with E-state index in [4.69, 9.17) is 4.52 Å². The topological polar surface area (TPSA) is 83.3 Å². The van der Waals surface area contributed by atoms with Crippen molar-refractivity contribution in [2.45, 2.75) is 26.7 Å². The monoisotopic (exact) mass is 331 g/mol. The molecule has 0 atom stereocenters. The summed E-state index contributed by atoms with van der Waals surface area (Å²) in [6.07, 6.45) is 1.42. The molecule has 130 valence electrons. The first kappa shape index (κ1) is 17.8. The van der Waals surface area contributed by atoms with E-state index in [0.717, 1.165) is 19.5 Å². The van der Waals surface area contributed by atoms with Crippen molar-refractivity contribution in [2.75, 3.05) is 31.1 Å². The number of anilines is 1. The summed E-state index contributed by atoms with van der Waals surface area (Å²) in [7, 11) is 0. The van der Waals surface area contributed by atoms with E-state index in [0.29, 0.717) is 31.2 Å². The van der Waals surface area contributed by atoms with Gasteiger partial charge in [-0.2, -0.15) is 4.98 Å². The number of aromatic nitrogens is 2. The van der Waals surface area contributed by atoms with E-state index in [2.05, 4.69) is 44.7 Å². The molecule has 0 spiro atoms. The predicted octanol–water partition coefficient (Wildman–Crippen LogP) is 2.14. The first-order chi connectivity index (χ1) is 11.7. The lowest BCUT2D eigenvalue weighted by molar-refractivity contribution is 0.240. The van der Waals surface area contributed by atoms with Gasteiger partial charge in [-0.15, -0.1) is 0 Å². The largest absolute Gasteiger partial charge is 0.372 e. The van der Waals surface area contributed by atoms with Crippen molar-refractivity contribution in [1.29, 1.82) is 0 Å². The number of amides is 2. The van der Waals surface area contributed by atoms with Crippen LogP contribution in [-0.2, 0) is 6.42 Å². The summed E-state index contributed by atoms with van der Waals surface area (Å²) in [6, 6.07) is 10.1. The standard InChI is InChI=1S/C17H25N5O2/c1-3-22(15-8-5-4-6-9-15)13-7-11-18-17(23)19-12-10-16-20-14(2)21-24-16/h4-6,8-9H,3,7,10-13H2,1-2H3,(H2,18,19,23). The van der Waals surface area contributed by atoms with E-state index in [1.807, 2.05) is 18.2 Å². The van der Waals surface area contributed by atoms with Gasteiger partial charge in [0.25, 0.3) is 0 Å². The molecule has 2 rings (SSSR count). The zero-order chi connectivity index (χ0) is 17.2. The molecule has 0 aliphatic carbocycles. The van der Waals surface area contributed by atoms with Crippen LogP contribution in [0.4, 0.5) is 10.5 Å². The van der Waals surface area contributed by atoms with Gasteiger partial charge in [0, 0.05) is 38.3 Å².